The molecule has 2 atom stereocenters. The summed E-state index contributed by atoms with van der Waals surface area (Å²) < 4.78 is 54.3. The molecule has 1 heterocycles. The number of rotatable bonds is 5. The van der Waals surface area contributed by atoms with E-state index >= 15 is 0 Å². The van der Waals surface area contributed by atoms with Gasteiger partial charge in [0.1, 0.15) is 5.75 Å². The lowest BCUT2D eigenvalue weighted by molar-refractivity contribution is 0.414. The Kier molecular flexibility index (Phi) is 4.84. The summed E-state index contributed by atoms with van der Waals surface area (Å²) in [6, 6.07) is 5.43. The van der Waals surface area contributed by atoms with Gasteiger partial charge < -0.3 is 10.1 Å². The van der Waals surface area contributed by atoms with Crippen LogP contribution < -0.4 is 10.1 Å². The number of benzene rings is 1. The van der Waals surface area contributed by atoms with Crippen LogP contribution in [0.25, 0.3) is 0 Å². The molecule has 124 valence electrons. The van der Waals surface area contributed by atoms with Crippen LogP contribution >= 0.6 is 0 Å². The summed E-state index contributed by atoms with van der Waals surface area (Å²) in [6.07, 6.45) is 0. The maximum Gasteiger partial charge on any atom is 0.183 e. The van der Waals surface area contributed by atoms with Crippen LogP contribution in [0, 0.1) is 0 Å². The van der Waals surface area contributed by atoms with Gasteiger partial charge in [0, 0.05) is 12.1 Å². The van der Waals surface area contributed by atoms with Gasteiger partial charge in [0.05, 0.1) is 28.8 Å². The highest BCUT2D eigenvalue weighted by atomic mass is 32.2. The van der Waals surface area contributed by atoms with Crippen LogP contribution in [0.5, 0.6) is 5.75 Å². The molecule has 0 amide bonds. The molecule has 8 heteroatoms. The maximum absolute atomic E-state index is 12.8. The van der Waals surface area contributed by atoms with Crippen molar-refractivity contribution < 1.29 is 21.6 Å². The van der Waals surface area contributed by atoms with Gasteiger partial charge in [0.2, 0.25) is 0 Å². The van der Waals surface area contributed by atoms with Crippen molar-refractivity contribution in [2.75, 3.05) is 18.6 Å². The van der Waals surface area contributed by atoms with Crippen molar-refractivity contribution in [1.82, 2.24) is 5.32 Å². The smallest absolute Gasteiger partial charge is 0.183 e. The van der Waals surface area contributed by atoms with E-state index in [2.05, 4.69) is 5.32 Å². The topological polar surface area (TPSA) is 89.5 Å². The molecule has 0 saturated carbocycles. The summed E-state index contributed by atoms with van der Waals surface area (Å²) in [5.74, 6) is 0.0617. The molecule has 0 aliphatic carbocycles. The fraction of sp³-hybridized carbons (Fsp3) is 0.571. The lowest BCUT2D eigenvalue weighted by atomic mass is 10.2. The van der Waals surface area contributed by atoms with Crippen LogP contribution in [0.1, 0.15) is 13.8 Å². The van der Waals surface area contributed by atoms with Crippen LogP contribution in [-0.4, -0.2) is 52.8 Å². The summed E-state index contributed by atoms with van der Waals surface area (Å²) in [4.78, 5) is 0.117. The lowest BCUT2D eigenvalue weighted by Gasteiger charge is -2.22. The molecular weight excluding hydrogens is 326 g/mol. The molecule has 0 spiro atoms. The first kappa shape index (κ1) is 17.2. The zero-order valence-corrected chi connectivity index (χ0v) is 14.4. The second kappa shape index (κ2) is 6.17. The first-order chi connectivity index (χ1) is 10.2. The van der Waals surface area contributed by atoms with Crippen molar-refractivity contribution in [1.29, 1.82) is 0 Å². The van der Waals surface area contributed by atoms with Gasteiger partial charge in [-0.3, -0.25) is 0 Å². The van der Waals surface area contributed by atoms with Gasteiger partial charge in [-0.15, -0.1) is 0 Å². The van der Waals surface area contributed by atoms with Crippen molar-refractivity contribution >= 4 is 19.7 Å². The van der Waals surface area contributed by atoms with E-state index in [1.165, 1.54) is 19.2 Å². The van der Waals surface area contributed by atoms with E-state index < -0.39 is 31.0 Å². The molecule has 0 aromatic heterocycles. The molecule has 1 fully saturated rings. The Bertz CT molecular complexity index is 723. The third-order valence-electron chi connectivity index (χ3n) is 3.63. The minimum absolute atomic E-state index is 0.00636. The highest BCUT2D eigenvalue weighted by molar-refractivity contribution is 7.96. The summed E-state index contributed by atoms with van der Waals surface area (Å²) in [7, 11) is -5.59. The number of hydrogen-bond donors (Lipinski definition) is 1. The molecule has 0 radical (unpaired) electrons. The van der Waals surface area contributed by atoms with E-state index in [0.29, 0.717) is 5.75 Å². The average molecular weight is 347 g/mol. The molecule has 22 heavy (non-hydrogen) atoms. The summed E-state index contributed by atoms with van der Waals surface area (Å²) in [6.45, 7) is 3.73. The molecule has 0 unspecified atom stereocenters. The molecular formula is C14H21NO5S2. The van der Waals surface area contributed by atoms with Crippen molar-refractivity contribution in [3.8, 4) is 5.75 Å². The van der Waals surface area contributed by atoms with Crippen LogP contribution in [0.2, 0.25) is 0 Å². The maximum atomic E-state index is 12.8. The van der Waals surface area contributed by atoms with Gasteiger partial charge >= 0.3 is 0 Å². The second-order valence-corrected chi connectivity index (χ2v) is 10.1. The quantitative estimate of drug-likeness (QED) is 0.840. The molecule has 1 aromatic rings. The predicted octanol–water partition coefficient (Wildman–Crippen LogP) is 0.633. The second-order valence-electron chi connectivity index (χ2n) is 5.76. The summed E-state index contributed by atoms with van der Waals surface area (Å²) >= 11 is 0. The van der Waals surface area contributed by atoms with E-state index in [0.717, 1.165) is 0 Å². The Morgan fingerprint density at radius 2 is 1.77 bits per heavy atom. The van der Waals surface area contributed by atoms with Crippen molar-refractivity contribution in [3.63, 3.8) is 0 Å². The first-order valence-electron chi connectivity index (χ1n) is 7.00. The zero-order chi connectivity index (χ0) is 16.5. The van der Waals surface area contributed by atoms with Crippen LogP contribution in [0.3, 0.4) is 0 Å². The Hall–Kier alpha value is -1.12. The van der Waals surface area contributed by atoms with E-state index in [-0.39, 0.29) is 22.4 Å². The van der Waals surface area contributed by atoms with Gasteiger partial charge in [-0.05, 0) is 24.3 Å². The fourth-order valence-electron chi connectivity index (χ4n) is 2.64. The summed E-state index contributed by atoms with van der Waals surface area (Å²) in [5, 5.41) is 2.10. The molecule has 1 aliphatic rings. The van der Waals surface area contributed by atoms with Crippen LogP contribution in [-0.2, 0) is 19.7 Å². The van der Waals surface area contributed by atoms with Gasteiger partial charge in [-0.25, -0.2) is 16.8 Å². The minimum atomic E-state index is -3.73. The van der Waals surface area contributed by atoms with Gasteiger partial charge in [-0.2, -0.15) is 0 Å². The van der Waals surface area contributed by atoms with Crippen molar-refractivity contribution in [3.05, 3.63) is 24.3 Å². The van der Waals surface area contributed by atoms with Gasteiger partial charge in [0.25, 0.3) is 0 Å². The van der Waals surface area contributed by atoms with Crippen molar-refractivity contribution in [2.24, 2.45) is 0 Å². The number of nitrogens with one attached hydrogen (secondary N) is 1. The molecule has 1 aromatic carbocycles. The Labute approximate surface area is 131 Å². The zero-order valence-electron chi connectivity index (χ0n) is 12.8. The molecule has 1 saturated heterocycles. The predicted molar refractivity (Wildman–Crippen MR) is 84.7 cm³/mol. The number of ether oxygens (including phenoxy) is 1. The van der Waals surface area contributed by atoms with Gasteiger partial charge in [0.15, 0.2) is 19.7 Å². The van der Waals surface area contributed by atoms with E-state index in [1.807, 2.05) is 13.8 Å². The lowest BCUT2D eigenvalue weighted by Crippen LogP contribution is -2.46. The highest BCUT2D eigenvalue weighted by Crippen LogP contribution is 2.27. The Balaban J connectivity index is 2.36. The highest BCUT2D eigenvalue weighted by Gasteiger charge is 2.45. The Morgan fingerprint density at radius 1 is 1.18 bits per heavy atom. The third kappa shape index (κ3) is 3.61. The minimum Gasteiger partial charge on any atom is -0.497 e. The number of hydrogen-bond acceptors (Lipinski definition) is 6. The fourth-order valence-corrected chi connectivity index (χ4v) is 7.32. The number of methoxy groups -OCH3 is 1. The average Bonchev–Trinajstić information content (AvgIpc) is 2.73. The van der Waals surface area contributed by atoms with E-state index in [1.54, 1.807) is 12.1 Å². The van der Waals surface area contributed by atoms with E-state index in [4.69, 9.17) is 4.74 Å². The van der Waals surface area contributed by atoms with Crippen LogP contribution in [0.15, 0.2) is 29.2 Å². The number of sulfone groups is 2. The monoisotopic (exact) mass is 347 g/mol. The van der Waals surface area contributed by atoms with E-state index in [9.17, 15) is 16.8 Å². The largest absolute Gasteiger partial charge is 0.497 e. The normalized spacial score (nSPS) is 24.5. The van der Waals surface area contributed by atoms with Crippen molar-refractivity contribution in [2.45, 2.75) is 36.1 Å². The molecule has 2 rings (SSSR count). The Morgan fingerprint density at radius 3 is 2.27 bits per heavy atom. The SMILES string of the molecule is COc1ccc(S(=O)(=O)[C@@H]2CS(=O)(=O)C[C@H]2NC(C)C)cc1. The molecule has 1 N–H and O–H groups in total. The van der Waals surface area contributed by atoms with Crippen LogP contribution in [0.4, 0.5) is 0 Å². The molecule has 0 bridgehead atoms. The molecule has 1 aliphatic heterocycles. The standard InChI is InChI=1S/C14H21NO5S2/c1-10(2)15-13-8-21(16,17)9-14(13)22(18,19)12-6-4-11(20-3)5-7-12/h4-7,10,13-15H,8-9H2,1-3H3/t13-,14-/m1/s1. The van der Waals surface area contributed by atoms with Gasteiger partial charge in [-0.1, -0.05) is 13.8 Å². The summed E-state index contributed by atoms with van der Waals surface area (Å²) in [5.41, 5.74) is 0. The first-order valence-corrected chi connectivity index (χ1v) is 10.4. The molecule has 6 nitrogen and oxygen atoms in total. The third-order valence-corrected chi connectivity index (χ3v) is 7.80.